The van der Waals surface area contributed by atoms with Gasteiger partial charge in [0.05, 0.1) is 5.41 Å². The second-order valence-corrected chi connectivity index (χ2v) is 14.0. The lowest BCUT2D eigenvalue weighted by atomic mass is 9.67. The van der Waals surface area contributed by atoms with E-state index >= 15 is 0 Å². The number of anilines is 3. The number of nitrogens with zero attached hydrogens (tertiary/aromatic N) is 1. The molecule has 0 saturated carbocycles. The average Bonchev–Trinajstić information content (AvgIpc) is 3.46. The molecule has 1 aliphatic heterocycles. The van der Waals surface area contributed by atoms with Crippen molar-refractivity contribution in [2.45, 2.75) is 15.2 Å². The molecule has 8 aromatic carbocycles. The van der Waals surface area contributed by atoms with Gasteiger partial charge in [-0.15, -0.1) is 0 Å². The van der Waals surface area contributed by atoms with E-state index in [0.29, 0.717) is 0 Å². The zero-order valence-electron chi connectivity index (χ0n) is 26.8. The molecule has 0 saturated heterocycles. The molecular weight excluding hydrogens is 611 g/mol. The van der Waals surface area contributed by atoms with Gasteiger partial charge in [0, 0.05) is 26.9 Å². The van der Waals surface area contributed by atoms with Crippen LogP contribution in [0.3, 0.4) is 0 Å². The Morgan fingerprint density at radius 1 is 0.347 bits per heavy atom. The number of hydrogen-bond acceptors (Lipinski definition) is 2. The molecule has 0 unspecified atom stereocenters. The Labute approximate surface area is 291 Å². The van der Waals surface area contributed by atoms with Gasteiger partial charge in [-0.25, -0.2) is 0 Å². The van der Waals surface area contributed by atoms with Gasteiger partial charge < -0.3 is 4.90 Å². The van der Waals surface area contributed by atoms with E-state index in [9.17, 15) is 0 Å². The van der Waals surface area contributed by atoms with Crippen molar-refractivity contribution in [3.63, 3.8) is 0 Å². The third kappa shape index (κ3) is 4.27. The van der Waals surface area contributed by atoms with E-state index in [1.165, 1.54) is 65.1 Å². The van der Waals surface area contributed by atoms with E-state index in [1.54, 1.807) is 0 Å². The minimum Gasteiger partial charge on any atom is -0.310 e. The third-order valence-electron chi connectivity index (χ3n) is 10.3. The van der Waals surface area contributed by atoms with Gasteiger partial charge in [0.2, 0.25) is 0 Å². The molecule has 0 aromatic heterocycles. The highest BCUT2D eigenvalue weighted by molar-refractivity contribution is 7.99. The van der Waals surface area contributed by atoms with Crippen LogP contribution in [0.5, 0.6) is 0 Å². The first-order chi connectivity index (χ1) is 24.3. The van der Waals surface area contributed by atoms with Crippen LogP contribution in [0.1, 0.15) is 22.3 Å². The van der Waals surface area contributed by atoms with Crippen LogP contribution in [0, 0.1) is 0 Å². The van der Waals surface area contributed by atoms with Crippen molar-refractivity contribution in [3.05, 3.63) is 210 Å². The minimum absolute atomic E-state index is 0.416. The Hall–Kier alpha value is -5.83. The van der Waals surface area contributed by atoms with Gasteiger partial charge in [-0.2, -0.15) is 0 Å². The van der Waals surface area contributed by atoms with Crippen LogP contribution in [0.4, 0.5) is 17.1 Å². The Bertz CT molecular complexity index is 2470. The van der Waals surface area contributed by atoms with Crippen LogP contribution in [0.25, 0.3) is 33.0 Å². The highest BCUT2D eigenvalue weighted by Crippen LogP contribution is 2.63. The van der Waals surface area contributed by atoms with Crippen LogP contribution in [-0.2, 0) is 5.41 Å². The minimum atomic E-state index is -0.416. The summed E-state index contributed by atoms with van der Waals surface area (Å²) in [6.07, 6.45) is 0. The standard InChI is InChI=1S/C47H31NS/c1-3-13-32(14-4-1)33-23-25-37(26-24-33)48(36-17-5-2-6-18-36)38-27-28-43-46(31-38)49-45-30-35-16-8-7-15-34(35)29-44(45)47(43)41-21-11-9-19-39(41)40-20-10-12-22-42(40)47/h1-31H. The molecule has 0 fully saturated rings. The second-order valence-electron chi connectivity index (χ2n) is 12.9. The summed E-state index contributed by atoms with van der Waals surface area (Å²) in [4.78, 5) is 4.98. The van der Waals surface area contributed by atoms with Gasteiger partial charge in [-0.3, -0.25) is 0 Å². The number of hydrogen-bond donors (Lipinski definition) is 0. The first-order valence-corrected chi connectivity index (χ1v) is 17.7. The Morgan fingerprint density at radius 2 is 0.857 bits per heavy atom. The molecule has 1 spiro atoms. The summed E-state index contributed by atoms with van der Waals surface area (Å²) in [6.45, 7) is 0. The van der Waals surface area contributed by atoms with Crippen molar-refractivity contribution >= 4 is 39.6 Å². The molecule has 2 aliphatic rings. The maximum Gasteiger partial charge on any atom is 0.0735 e. The van der Waals surface area contributed by atoms with E-state index in [1.807, 2.05) is 11.8 Å². The van der Waals surface area contributed by atoms with E-state index in [-0.39, 0.29) is 0 Å². The second kappa shape index (κ2) is 11.1. The monoisotopic (exact) mass is 641 g/mol. The maximum atomic E-state index is 2.46. The molecule has 1 heterocycles. The lowest BCUT2D eigenvalue weighted by Crippen LogP contribution is -2.32. The fraction of sp³-hybridized carbons (Fsp3) is 0.0213. The summed E-state index contributed by atoms with van der Waals surface area (Å²) < 4.78 is 0. The summed E-state index contributed by atoms with van der Waals surface area (Å²) in [5.74, 6) is 0. The van der Waals surface area contributed by atoms with Crippen LogP contribution in [-0.4, -0.2) is 0 Å². The van der Waals surface area contributed by atoms with Crippen molar-refractivity contribution in [1.82, 2.24) is 0 Å². The van der Waals surface area contributed by atoms with Gasteiger partial charge >= 0.3 is 0 Å². The van der Waals surface area contributed by atoms with Gasteiger partial charge in [-0.05, 0) is 104 Å². The van der Waals surface area contributed by atoms with Crippen molar-refractivity contribution in [2.24, 2.45) is 0 Å². The molecular formula is C47H31NS. The molecule has 0 amide bonds. The fourth-order valence-corrected chi connectivity index (χ4v) is 9.43. The quantitative estimate of drug-likeness (QED) is 0.188. The van der Waals surface area contributed by atoms with E-state index < -0.39 is 5.41 Å². The van der Waals surface area contributed by atoms with Crippen molar-refractivity contribution in [1.29, 1.82) is 0 Å². The lowest BCUT2D eigenvalue weighted by Gasteiger charge is -2.40. The summed E-state index contributed by atoms with van der Waals surface area (Å²) in [6, 6.07) is 69.2. The Morgan fingerprint density at radius 3 is 1.55 bits per heavy atom. The summed E-state index contributed by atoms with van der Waals surface area (Å²) in [7, 11) is 0. The molecule has 8 aromatic rings. The van der Waals surface area contributed by atoms with Gasteiger partial charge in [0.15, 0.2) is 0 Å². The first-order valence-electron chi connectivity index (χ1n) is 16.8. The Kier molecular flexibility index (Phi) is 6.40. The first kappa shape index (κ1) is 28.2. The summed E-state index contributed by atoms with van der Waals surface area (Å²) in [5, 5.41) is 2.55. The molecule has 1 nitrogen and oxygen atoms in total. The number of benzene rings is 8. The molecule has 10 rings (SSSR count). The van der Waals surface area contributed by atoms with Crippen molar-refractivity contribution in [2.75, 3.05) is 4.90 Å². The van der Waals surface area contributed by atoms with Crippen molar-refractivity contribution < 1.29 is 0 Å². The fourth-order valence-electron chi connectivity index (χ4n) is 8.18. The van der Waals surface area contributed by atoms with Crippen LogP contribution in [0.15, 0.2) is 198 Å². The molecule has 1 aliphatic carbocycles. The van der Waals surface area contributed by atoms with E-state index in [2.05, 4.69) is 193 Å². The molecule has 0 radical (unpaired) electrons. The zero-order chi connectivity index (χ0) is 32.4. The predicted octanol–water partition coefficient (Wildman–Crippen LogP) is 12.8. The van der Waals surface area contributed by atoms with Crippen LogP contribution >= 0.6 is 11.8 Å². The third-order valence-corrected chi connectivity index (χ3v) is 11.4. The van der Waals surface area contributed by atoms with Crippen LogP contribution < -0.4 is 4.90 Å². The van der Waals surface area contributed by atoms with Gasteiger partial charge in [0.25, 0.3) is 0 Å². The van der Waals surface area contributed by atoms with Gasteiger partial charge in [0.1, 0.15) is 0 Å². The largest absolute Gasteiger partial charge is 0.310 e. The topological polar surface area (TPSA) is 3.24 Å². The number of rotatable bonds is 4. The Balaban J connectivity index is 1.20. The molecule has 0 bridgehead atoms. The lowest BCUT2D eigenvalue weighted by molar-refractivity contribution is 0.724. The molecule has 230 valence electrons. The SMILES string of the molecule is c1ccc(-c2ccc(N(c3ccccc3)c3ccc4c(c3)Sc3cc5ccccc5cc3C43c4ccccc4-c4ccccc43)cc2)cc1. The highest BCUT2D eigenvalue weighted by Gasteiger charge is 2.50. The van der Waals surface area contributed by atoms with E-state index in [0.717, 1.165) is 17.1 Å². The maximum absolute atomic E-state index is 2.46. The number of para-hydroxylation sites is 1. The molecule has 2 heteroatoms. The predicted molar refractivity (Wildman–Crippen MR) is 205 cm³/mol. The number of fused-ring (bicyclic) bond motifs is 10. The summed E-state index contributed by atoms with van der Waals surface area (Å²) >= 11 is 1.90. The zero-order valence-corrected chi connectivity index (χ0v) is 27.6. The smallest absolute Gasteiger partial charge is 0.0735 e. The van der Waals surface area contributed by atoms with E-state index in [4.69, 9.17) is 0 Å². The molecule has 49 heavy (non-hydrogen) atoms. The van der Waals surface area contributed by atoms with Crippen LogP contribution in [0.2, 0.25) is 0 Å². The highest BCUT2D eigenvalue weighted by atomic mass is 32.2. The normalized spacial score (nSPS) is 13.4. The van der Waals surface area contributed by atoms with Crippen molar-refractivity contribution in [3.8, 4) is 22.3 Å². The molecule has 0 N–H and O–H groups in total. The average molecular weight is 642 g/mol. The summed E-state index contributed by atoms with van der Waals surface area (Å²) in [5.41, 5.74) is 13.5. The van der Waals surface area contributed by atoms with Gasteiger partial charge in [-0.1, -0.05) is 151 Å². The molecule has 0 atom stereocenters.